The van der Waals surface area contributed by atoms with Crippen molar-refractivity contribution in [1.82, 2.24) is 5.32 Å². The first kappa shape index (κ1) is 18.7. The predicted octanol–water partition coefficient (Wildman–Crippen LogP) is 3.05. The lowest BCUT2D eigenvalue weighted by Crippen LogP contribution is -2.30. The zero-order chi connectivity index (χ0) is 19.1. The SMILES string of the molecule is CCNC(=NCCc1ccc2c(c1)OCO2)Nc1ccc(OC)c(OC)c1. The zero-order valence-corrected chi connectivity index (χ0v) is 15.9. The summed E-state index contributed by atoms with van der Waals surface area (Å²) in [7, 11) is 3.24. The van der Waals surface area contributed by atoms with Crippen LogP contribution in [0.1, 0.15) is 12.5 Å². The standard InChI is InChI=1S/C20H25N3O4/c1-4-21-20(23-15-6-8-16(24-2)18(12-15)25-3)22-10-9-14-5-7-17-19(11-14)27-13-26-17/h5-8,11-12H,4,9-10,13H2,1-3H3,(H2,21,22,23). The molecule has 1 heterocycles. The number of methoxy groups -OCH3 is 2. The molecule has 1 aliphatic heterocycles. The molecule has 0 amide bonds. The molecule has 0 atom stereocenters. The maximum absolute atomic E-state index is 5.42. The molecule has 7 heteroatoms. The highest BCUT2D eigenvalue weighted by molar-refractivity contribution is 5.93. The van der Waals surface area contributed by atoms with Gasteiger partial charge in [-0.1, -0.05) is 6.07 Å². The highest BCUT2D eigenvalue weighted by atomic mass is 16.7. The van der Waals surface area contributed by atoms with Gasteiger partial charge in [0.15, 0.2) is 29.0 Å². The molecule has 2 aromatic carbocycles. The molecule has 144 valence electrons. The third-order valence-corrected chi connectivity index (χ3v) is 4.10. The number of aliphatic imine (C=N–C) groups is 1. The molecule has 0 radical (unpaired) electrons. The average Bonchev–Trinajstić information content (AvgIpc) is 3.16. The van der Waals surface area contributed by atoms with E-state index in [1.54, 1.807) is 14.2 Å². The summed E-state index contributed by atoms with van der Waals surface area (Å²) >= 11 is 0. The Morgan fingerprint density at radius 2 is 1.85 bits per heavy atom. The lowest BCUT2D eigenvalue weighted by Gasteiger charge is -2.14. The van der Waals surface area contributed by atoms with E-state index in [1.165, 1.54) is 0 Å². The molecule has 0 unspecified atom stereocenters. The molecule has 0 saturated carbocycles. The maximum Gasteiger partial charge on any atom is 0.231 e. The van der Waals surface area contributed by atoms with Crippen molar-refractivity contribution in [2.24, 2.45) is 4.99 Å². The van der Waals surface area contributed by atoms with Gasteiger partial charge >= 0.3 is 0 Å². The number of nitrogens with zero attached hydrogens (tertiary/aromatic N) is 1. The van der Waals surface area contributed by atoms with E-state index < -0.39 is 0 Å². The van der Waals surface area contributed by atoms with Crippen LogP contribution in [0.5, 0.6) is 23.0 Å². The lowest BCUT2D eigenvalue weighted by atomic mass is 10.1. The quantitative estimate of drug-likeness (QED) is 0.576. The molecule has 27 heavy (non-hydrogen) atoms. The third kappa shape index (κ3) is 4.75. The van der Waals surface area contributed by atoms with Crippen LogP contribution in [0.3, 0.4) is 0 Å². The summed E-state index contributed by atoms with van der Waals surface area (Å²) in [4.78, 5) is 4.65. The highest BCUT2D eigenvalue weighted by Crippen LogP contribution is 2.32. The summed E-state index contributed by atoms with van der Waals surface area (Å²) in [6, 6.07) is 11.6. The van der Waals surface area contributed by atoms with E-state index in [0.29, 0.717) is 24.0 Å². The van der Waals surface area contributed by atoms with Crippen LogP contribution in [0.2, 0.25) is 0 Å². The maximum atomic E-state index is 5.42. The molecule has 0 aromatic heterocycles. The number of rotatable bonds is 7. The normalized spacial score (nSPS) is 12.6. The number of benzene rings is 2. The number of ether oxygens (including phenoxy) is 4. The van der Waals surface area contributed by atoms with Gasteiger partial charge in [0.2, 0.25) is 6.79 Å². The number of anilines is 1. The highest BCUT2D eigenvalue weighted by Gasteiger charge is 2.13. The van der Waals surface area contributed by atoms with Crippen molar-refractivity contribution in [1.29, 1.82) is 0 Å². The molecule has 7 nitrogen and oxygen atoms in total. The van der Waals surface area contributed by atoms with Gasteiger partial charge in [-0.2, -0.15) is 0 Å². The fourth-order valence-electron chi connectivity index (χ4n) is 2.75. The summed E-state index contributed by atoms with van der Waals surface area (Å²) in [5.41, 5.74) is 2.03. The first-order chi connectivity index (χ1) is 13.2. The smallest absolute Gasteiger partial charge is 0.231 e. The molecule has 1 aliphatic rings. The van der Waals surface area contributed by atoms with E-state index in [2.05, 4.69) is 15.6 Å². The summed E-state index contributed by atoms with van der Waals surface area (Å²) in [5, 5.41) is 6.54. The topological polar surface area (TPSA) is 73.3 Å². The minimum Gasteiger partial charge on any atom is -0.493 e. The van der Waals surface area contributed by atoms with E-state index in [9.17, 15) is 0 Å². The predicted molar refractivity (Wildman–Crippen MR) is 105 cm³/mol. The van der Waals surface area contributed by atoms with Crippen LogP contribution in [0, 0.1) is 0 Å². The van der Waals surface area contributed by atoms with E-state index in [0.717, 1.165) is 35.7 Å². The van der Waals surface area contributed by atoms with Crippen molar-refractivity contribution in [3.8, 4) is 23.0 Å². The largest absolute Gasteiger partial charge is 0.493 e. The Hall–Kier alpha value is -3.09. The number of fused-ring (bicyclic) bond motifs is 1. The summed E-state index contributed by atoms with van der Waals surface area (Å²) in [6.45, 7) is 3.73. The fraction of sp³-hybridized carbons (Fsp3) is 0.350. The second kappa shape index (κ2) is 9.02. The van der Waals surface area contributed by atoms with Gasteiger partial charge in [-0.05, 0) is 43.2 Å². The second-order valence-electron chi connectivity index (χ2n) is 5.89. The third-order valence-electron chi connectivity index (χ3n) is 4.10. The summed E-state index contributed by atoms with van der Waals surface area (Å²) < 4.78 is 21.4. The van der Waals surface area contributed by atoms with Crippen molar-refractivity contribution in [3.63, 3.8) is 0 Å². The van der Waals surface area contributed by atoms with Crippen LogP contribution in [0.4, 0.5) is 5.69 Å². The number of hydrogen-bond donors (Lipinski definition) is 2. The van der Waals surface area contributed by atoms with Crippen molar-refractivity contribution in [2.45, 2.75) is 13.3 Å². The molecule has 0 saturated heterocycles. The average molecular weight is 371 g/mol. The van der Waals surface area contributed by atoms with Crippen molar-refractivity contribution in [3.05, 3.63) is 42.0 Å². The van der Waals surface area contributed by atoms with E-state index >= 15 is 0 Å². The first-order valence-corrected chi connectivity index (χ1v) is 8.89. The van der Waals surface area contributed by atoms with Crippen LogP contribution in [0.25, 0.3) is 0 Å². The number of guanidine groups is 1. The van der Waals surface area contributed by atoms with Crippen LogP contribution in [-0.4, -0.2) is 40.1 Å². The Morgan fingerprint density at radius 3 is 2.63 bits per heavy atom. The second-order valence-corrected chi connectivity index (χ2v) is 5.89. The van der Waals surface area contributed by atoms with Crippen molar-refractivity contribution in [2.75, 3.05) is 39.4 Å². The van der Waals surface area contributed by atoms with Gasteiger partial charge in [-0.3, -0.25) is 4.99 Å². The van der Waals surface area contributed by atoms with Gasteiger partial charge in [0.1, 0.15) is 0 Å². The number of hydrogen-bond acceptors (Lipinski definition) is 5. The van der Waals surface area contributed by atoms with Gasteiger partial charge in [0.25, 0.3) is 0 Å². The first-order valence-electron chi connectivity index (χ1n) is 8.89. The lowest BCUT2D eigenvalue weighted by molar-refractivity contribution is 0.174. The van der Waals surface area contributed by atoms with Crippen LogP contribution < -0.4 is 29.6 Å². The monoisotopic (exact) mass is 371 g/mol. The van der Waals surface area contributed by atoms with Gasteiger partial charge in [-0.25, -0.2) is 0 Å². The van der Waals surface area contributed by atoms with E-state index in [1.807, 2.05) is 43.3 Å². The minimum atomic E-state index is 0.288. The van der Waals surface area contributed by atoms with Crippen molar-refractivity contribution < 1.29 is 18.9 Å². The van der Waals surface area contributed by atoms with Gasteiger partial charge in [0, 0.05) is 24.8 Å². The molecule has 0 spiro atoms. The van der Waals surface area contributed by atoms with E-state index in [-0.39, 0.29) is 6.79 Å². The van der Waals surface area contributed by atoms with Crippen LogP contribution in [0.15, 0.2) is 41.4 Å². The number of nitrogens with one attached hydrogen (secondary N) is 2. The van der Waals surface area contributed by atoms with Crippen LogP contribution in [-0.2, 0) is 6.42 Å². The minimum absolute atomic E-state index is 0.288. The Balaban J connectivity index is 1.64. The van der Waals surface area contributed by atoms with Gasteiger partial charge in [0.05, 0.1) is 14.2 Å². The Labute approximate surface area is 159 Å². The van der Waals surface area contributed by atoms with Gasteiger partial charge in [-0.15, -0.1) is 0 Å². The molecule has 0 bridgehead atoms. The molecule has 0 fully saturated rings. The molecular weight excluding hydrogens is 346 g/mol. The fourth-order valence-corrected chi connectivity index (χ4v) is 2.75. The molecule has 3 rings (SSSR count). The Kier molecular flexibility index (Phi) is 6.25. The molecule has 2 aromatic rings. The van der Waals surface area contributed by atoms with Crippen LogP contribution >= 0.6 is 0 Å². The van der Waals surface area contributed by atoms with Gasteiger partial charge < -0.3 is 29.6 Å². The molecular formula is C20H25N3O4. The summed E-state index contributed by atoms with van der Waals surface area (Å²) in [5.74, 6) is 3.66. The van der Waals surface area contributed by atoms with E-state index in [4.69, 9.17) is 18.9 Å². The Morgan fingerprint density at radius 1 is 1.04 bits per heavy atom. The Bertz CT molecular complexity index is 808. The zero-order valence-electron chi connectivity index (χ0n) is 15.9. The van der Waals surface area contributed by atoms with Crippen molar-refractivity contribution >= 4 is 11.6 Å². The molecule has 0 aliphatic carbocycles. The molecule has 2 N–H and O–H groups in total. The summed E-state index contributed by atoms with van der Waals surface area (Å²) in [6.07, 6.45) is 0.805.